The van der Waals surface area contributed by atoms with E-state index in [0.717, 1.165) is 29.3 Å². The number of aromatic nitrogens is 1. The van der Waals surface area contributed by atoms with E-state index in [9.17, 15) is 14.4 Å². The van der Waals surface area contributed by atoms with E-state index in [1.54, 1.807) is 19.1 Å². The Morgan fingerprint density at radius 3 is 2.31 bits per heavy atom. The van der Waals surface area contributed by atoms with Crippen LogP contribution in [0.4, 0.5) is 11.4 Å². The zero-order valence-corrected chi connectivity index (χ0v) is 19.8. The first-order valence-corrected chi connectivity index (χ1v) is 11.4. The molecule has 1 amide bonds. The van der Waals surface area contributed by atoms with Gasteiger partial charge in [-0.3, -0.25) is 9.59 Å². The van der Waals surface area contributed by atoms with Gasteiger partial charge in [-0.25, -0.2) is 4.79 Å². The highest BCUT2D eigenvalue weighted by atomic mass is 16.4. The van der Waals surface area contributed by atoms with Gasteiger partial charge in [0.25, 0.3) is 11.5 Å². The first-order chi connectivity index (χ1) is 16.8. The molecule has 0 spiro atoms. The number of hydrogen-bond donors (Lipinski definition) is 2. The number of nitrogens with zero attached hydrogens (tertiary/aromatic N) is 3. The van der Waals surface area contributed by atoms with Gasteiger partial charge in [-0.15, -0.1) is 5.10 Å². The molecule has 0 fully saturated rings. The van der Waals surface area contributed by atoms with E-state index in [0.29, 0.717) is 22.0 Å². The number of carboxylic acids is 1. The monoisotopic (exact) mass is 470 g/mol. The molecular weight excluding hydrogens is 444 g/mol. The molecule has 2 N–H and O–H groups in total. The molecule has 1 aliphatic heterocycles. The summed E-state index contributed by atoms with van der Waals surface area (Å²) in [4.78, 5) is 41.8. The Kier molecular flexibility index (Phi) is 6.64. The quantitative estimate of drug-likeness (QED) is 0.552. The molecule has 8 heteroatoms. The summed E-state index contributed by atoms with van der Waals surface area (Å²) in [7, 11) is 0. The molecule has 178 valence electrons. The van der Waals surface area contributed by atoms with Crippen molar-refractivity contribution < 1.29 is 14.7 Å². The standard InChI is InChI=1S/C27H26N4O4/c1-4-30(5-2)20-13-9-18(10-14-20)7-6-8-22-17(3)23-24(28-25(22)32)29-31(26(23)33)21-15-11-19(12-16-21)27(34)35/h6-16H,4-5H2,1-3H3,(H,34,35)(H,28,29,32)/b7-6?,22-8-. The van der Waals surface area contributed by atoms with Crippen molar-refractivity contribution in [2.75, 3.05) is 23.0 Å². The Hall–Kier alpha value is -4.46. The predicted molar refractivity (Wildman–Crippen MR) is 136 cm³/mol. The van der Waals surface area contributed by atoms with Gasteiger partial charge in [0.1, 0.15) is 0 Å². The number of carbonyl (C=O) groups is 2. The SMILES string of the molecule is CCN(CC)c1ccc(C=C/C=c2/c(C)c3c([nH]c2=O)=NN(c2ccc(C(=O)O)cc2)C3=O)cc1. The largest absolute Gasteiger partial charge is 0.478 e. The molecule has 35 heavy (non-hydrogen) atoms. The van der Waals surface area contributed by atoms with Crippen LogP contribution in [-0.2, 0) is 0 Å². The lowest BCUT2D eigenvalue weighted by Crippen LogP contribution is -2.38. The summed E-state index contributed by atoms with van der Waals surface area (Å²) in [6.45, 7) is 7.84. The molecule has 0 radical (unpaired) electrons. The molecule has 0 saturated carbocycles. The molecule has 0 aliphatic carbocycles. The van der Waals surface area contributed by atoms with Crippen LogP contribution in [0.15, 0.2) is 64.5 Å². The number of amides is 1. The second kappa shape index (κ2) is 9.80. The third kappa shape index (κ3) is 4.63. The first kappa shape index (κ1) is 23.7. The maximum atomic E-state index is 13.1. The third-order valence-corrected chi connectivity index (χ3v) is 6.03. The van der Waals surface area contributed by atoms with E-state index >= 15 is 0 Å². The molecule has 2 aromatic carbocycles. The van der Waals surface area contributed by atoms with Crippen molar-refractivity contribution in [3.8, 4) is 0 Å². The normalized spacial score (nSPS) is 13.3. The van der Waals surface area contributed by atoms with Crippen LogP contribution in [-0.4, -0.2) is 35.1 Å². The van der Waals surface area contributed by atoms with Crippen molar-refractivity contribution in [3.05, 3.63) is 97.9 Å². The van der Waals surface area contributed by atoms with Gasteiger partial charge in [0, 0.05) is 24.0 Å². The second-order valence-electron chi connectivity index (χ2n) is 8.07. The minimum Gasteiger partial charge on any atom is -0.478 e. The van der Waals surface area contributed by atoms with Crippen molar-refractivity contribution in [2.24, 2.45) is 5.10 Å². The smallest absolute Gasteiger partial charge is 0.335 e. The predicted octanol–water partition coefficient (Wildman–Crippen LogP) is 2.92. The molecule has 0 unspecified atom stereocenters. The lowest BCUT2D eigenvalue weighted by molar-refractivity contribution is 0.0696. The minimum absolute atomic E-state index is 0.105. The number of anilines is 2. The fraction of sp³-hybridized carbons (Fsp3) is 0.185. The van der Waals surface area contributed by atoms with Gasteiger partial charge >= 0.3 is 5.97 Å². The highest BCUT2D eigenvalue weighted by molar-refractivity contribution is 6.08. The van der Waals surface area contributed by atoms with Crippen LogP contribution in [0.1, 0.15) is 45.7 Å². The number of aromatic carboxylic acids is 1. The lowest BCUT2D eigenvalue weighted by Gasteiger charge is -2.20. The number of fused-ring (bicyclic) bond motifs is 1. The maximum absolute atomic E-state index is 13.1. The molecular formula is C27H26N4O4. The molecule has 0 bridgehead atoms. The number of carboxylic acid groups (broad SMARTS) is 1. The van der Waals surface area contributed by atoms with Gasteiger partial charge in [-0.2, -0.15) is 5.01 Å². The summed E-state index contributed by atoms with van der Waals surface area (Å²) in [6, 6.07) is 14.0. The van der Waals surface area contributed by atoms with Crippen LogP contribution in [0.3, 0.4) is 0 Å². The fourth-order valence-corrected chi connectivity index (χ4v) is 4.07. The highest BCUT2D eigenvalue weighted by Gasteiger charge is 2.28. The number of carbonyl (C=O) groups excluding carboxylic acids is 1. The van der Waals surface area contributed by atoms with Crippen molar-refractivity contribution >= 4 is 35.4 Å². The lowest BCUT2D eigenvalue weighted by atomic mass is 10.1. The second-order valence-corrected chi connectivity index (χ2v) is 8.07. The van der Waals surface area contributed by atoms with Crippen LogP contribution in [0.5, 0.6) is 0 Å². The van der Waals surface area contributed by atoms with Crippen LogP contribution < -0.4 is 26.2 Å². The van der Waals surface area contributed by atoms with Crippen molar-refractivity contribution in [2.45, 2.75) is 20.8 Å². The van der Waals surface area contributed by atoms with Gasteiger partial charge in [-0.1, -0.05) is 24.3 Å². The van der Waals surface area contributed by atoms with Gasteiger partial charge < -0.3 is 15.0 Å². The number of pyridine rings is 1. The zero-order valence-electron chi connectivity index (χ0n) is 19.8. The molecule has 4 rings (SSSR count). The number of hydrogen-bond acceptors (Lipinski definition) is 5. The van der Waals surface area contributed by atoms with E-state index in [2.05, 4.69) is 41.0 Å². The van der Waals surface area contributed by atoms with Crippen molar-refractivity contribution in [3.63, 3.8) is 0 Å². The van der Waals surface area contributed by atoms with Gasteiger partial charge in [0.2, 0.25) is 0 Å². The van der Waals surface area contributed by atoms with Gasteiger partial charge in [-0.05, 0) is 74.4 Å². The van der Waals surface area contributed by atoms with Crippen LogP contribution in [0, 0.1) is 6.92 Å². The molecule has 0 atom stereocenters. The van der Waals surface area contributed by atoms with Crippen molar-refractivity contribution in [1.82, 2.24) is 4.98 Å². The van der Waals surface area contributed by atoms with Gasteiger partial charge in [0.15, 0.2) is 5.49 Å². The van der Waals surface area contributed by atoms with Crippen LogP contribution >= 0.6 is 0 Å². The molecule has 3 aromatic rings. The number of aromatic amines is 1. The number of allylic oxidation sites excluding steroid dienone is 1. The fourth-order valence-electron chi connectivity index (χ4n) is 4.07. The summed E-state index contributed by atoms with van der Waals surface area (Å²) in [5.74, 6) is -1.44. The Morgan fingerprint density at radius 2 is 1.71 bits per heavy atom. The van der Waals surface area contributed by atoms with E-state index in [4.69, 9.17) is 5.11 Å². The molecule has 1 aromatic heterocycles. The van der Waals surface area contributed by atoms with E-state index in [-0.39, 0.29) is 22.5 Å². The summed E-state index contributed by atoms with van der Waals surface area (Å²) in [5, 5.41) is 14.9. The molecule has 1 aliphatic rings. The van der Waals surface area contributed by atoms with Crippen LogP contribution in [0.25, 0.3) is 12.2 Å². The number of benzene rings is 2. The van der Waals surface area contributed by atoms with Gasteiger partial charge in [0.05, 0.1) is 16.8 Å². The van der Waals surface area contributed by atoms with E-state index in [1.165, 1.54) is 24.3 Å². The minimum atomic E-state index is -1.06. The Labute approximate surface area is 202 Å². The molecule has 0 saturated heterocycles. The number of nitrogens with one attached hydrogen (secondary N) is 1. The Bertz CT molecular complexity index is 1480. The van der Waals surface area contributed by atoms with E-state index < -0.39 is 5.97 Å². The average molecular weight is 471 g/mol. The first-order valence-electron chi connectivity index (χ1n) is 11.4. The number of rotatable bonds is 7. The topological polar surface area (TPSA) is 106 Å². The Balaban J connectivity index is 1.62. The zero-order chi connectivity index (χ0) is 25.1. The maximum Gasteiger partial charge on any atom is 0.335 e. The number of H-pyrrole nitrogens is 1. The molecule has 2 heterocycles. The summed E-state index contributed by atoms with van der Waals surface area (Å²) in [5.41, 5.74) is 3.36. The summed E-state index contributed by atoms with van der Waals surface area (Å²) in [6.07, 6.45) is 5.38. The van der Waals surface area contributed by atoms with E-state index in [1.807, 2.05) is 18.2 Å². The average Bonchev–Trinajstić information content (AvgIpc) is 3.18. The van der Waals surface area contributed by atoms with Crippen LogP contribution in [0.2, 0.25) is 0 Å². The Morgan fingerprint density at radius 1 is 1.06 bits per heavy atom. The summed E-state index contributed by atoms with van der Waals surface area (Å²) >= 11 is 0. The molecule has 8 nitrogen and oxygen atoms in total. The highest BCUT2D eigenvalue weighted by Crippen LogP contribution is 2.21. The van der Waals surface area contributed by atoms with Crippen molar-refractivity contribution in [1.29, 1.82) is 0 Å². The third-order valence-electron chi connectivity index (χ3n) is 6.03. The summed E-state index contributed by atoms with van der Waals surface area (Å²) < 4.78 is 0.